The first-order valence-corrected chi connectivity index (χ1v) is 7.21. The summed E-state index contributed by atoms with van der Waals surface area (Å²) in [7, 11) is 0. The van der Waals surface area contributed by atoms with Gasteiger partial charge in [-0.1, -0.05) is 12.1 Å². The van der Waals surface area contributed by atoms with Crippen molar-refractivity contribution in [1.29, 1.82) is 5.26 Å². The summed E-state index contributed by atoms with van der Waals surface area (Å²) >= 11 is 0. The van der Waals surface area contributed by atoms with Crippen molar-refractivity contribution in [3.05, 3.63) is 53.3 Å². The highest BCUT2D eigenvalue weighted by molar-refractivity contribution is 5.89. The van der Waals surface area contributed by atoms with Crippen molar-refractivity contribution in [1.82, 2.24) is 0 Å². The Morgan fingerprint density at radius 1 is 1.26 bits per heavy atom. The molecule has 0 unspecified atom stereocenters. The second-order valence-electron chi connectivity index (χ2n) is 5.93. The maximum absolute atomic E-state index is 14.2. The minimum Gasteiger partial charge on any atom is -0.438 e. The molecule has 0 fully saturated rings. The van der Waals surface area contributed by atoms with Crippen molar-refractivity contribution in [2.45, 2.75) is 25.9 Å². The number of halogens is 1. The Morgan fingerprint density at radius 3 is 2.78 bits per heavy atom. The first-order valence-electron chi connectivity index (χ1n) is 7.21. The molecule has 1 aliphatic rings. The lowest BCUT2D eigenvalue weighted by atomic mass is 9.90. The fourth-order valence-corrected chi connectivity index (χ4v) is 2.74. The first kappa shape index (κ1) is 15.0. The summed E-state index contributed by atoms with van der Waals surface area (Å²) < 4.78 is 19.5. The largest absolute Gasteiger partial charge is 0.438 e. The van der Waals surface area contributed by atoms with Gasteiger partial charge in [0, 0.05) is 11.1 Å². The SMILES string of the molecule is CC1(C)OC(=O)Nc2ccc(-c3cc(CC#N)ccc3F)cc21. The lowest BCUT2D eigenvalue weighted by Crippen LogP contribution is -2.34. The number of rotatable bonds is 2. The van der Waals surface area contributed by atoms with Crippen LogP contribution in [0.15, 0.2) is 36.4 Å². The van der Waals surface area contributed by atoms with E-state index in [1.54, 1.807) is 38.1 Å². The van der Waals surface area contributed by atoms with E-state index in [4.69, 9.17) is 10.00 Å². The van der Waals surface area contributed by atoms with E-state index in [0.29, 0.717) is 16.8 Å². The van der Waals surface area contributed by atoms with Crippen LogP contribution in [0, 0.1) is 17.1 Å². The molecule has 0 atom stereocenters. The third kappa shape index (κ3) is 2.76. The summed E-state index contributed by atoms with van der Waals surface area (Å²) in [6.45, 7) is 3.58. The van der Waals surface area contributed by atoms with Gasteiger partial charge in [0.2, 0.25) is 0 Å². The summed E-state index contributed by atoms with van der Waals surface area (Å²) in [6, 6.07) is 12.0. The Hall–Kier alpha value is -2.87. The van der Waals surface area contributed by atoms with Gasteiger partial charge in [0.25, 0.3) is 0 Å². The standard InChI is InChI=1S/C18H15FN2O2/c1-18(2)14-10-12(4-6-16(14)21-17(22)23-18)13-9-11(7-8-20)3-5-15(13)19/h3-6,9-10H,7H2,1-2H3,(H,21,22). The van der Waals surface area contributed by atoms with Gasteiger partial charge in [0.1, 0.15) is 11.4 Å². The molecular weight excluding hydrogens is 295 g/mol. The number of fused-ring (bicyclic) bond motifs is 1. The van der Waals surface area contributed by atoms with E-state index < -0.39 is 11.7 Å². The van der Waals surface area contributed by atoms with Gasteiger partial charge in [-0.3, -0.25) is 5.32 Å². The van der Waals surface area contributed by atoms with Crippen molar-refractivity contribution in [3.63, 3.8) is 0 Å². The summed E-state index contributed by atoms with van der Waals surface area (Å²) in [5.74, 6) is -0.356. The minimum absolute atomic E-state index is 0.225. The number of hydrogen-bond acceptors (Lipinski definition) is 3. The van der Waals surface area contributed by atoms with Crippen molar-refractivity contribution >= 4 is 11.8 Å². The summed E-state index contributed by atoms with van der Waals surface area (Å²) in [5.41, 5.74) is 2.49. The first-order chi connectivity index (χ1) is 10.9. The average molecular weight is 310 g/mol. The van der Waals surface area contributed by atoms with Crippen molar-refractivity contribution in [2.75, 3.05) is 5.32 Å². The molecule has 1 N–H and O–H groups in total. The normalized spacial score (nSPS) is 15.1. The molecular formula is C18H15FN2O2. The van der Waals surface area contributed by atoms with Gasteiger partial charge in [-0.25, -0.2) is 9.18 Å². The number of cyclic esters (lactones) is 1. The molecule has 0 spiro atoms. The molecule has 4 nitrogen and oxygen atoms in total. The van der Waals surface area contributed by atoms with Gasteiger partial charge in [-0.2, -0.15) is 5.26 Å². The molecule has 23 heavy (non-hydrogen) atoms. The molecule has 2 aromatic rings. The van der Waals surface area contributed by atoms with Gasteiger partial charge < -0.3 is 4.74 Å². The van der Waals surface area contributed by atoms with Crippen molar-refractivity contribution in [3.8, 4) is 17.2 Å². The number of ether oxygens (including phenoxy) is 1. The number of carbonyl (C=O) groups is 1. The quantitative estimate of drug-likeness (QED) is 0.896. The van der Waals surface area contributed by atoms with Gasteiger partial charge >= 0.3 is 6.09 Å². The molecule has 0 bridgehead atoms. The number of nitriles is 1. The fraction of sp³-hybridized carbons (Fsp3) is 0.222. The van der Waals surface area contributed by atoms with Crippen LogP contribution >= 0.6 is 0 Å². The zero-order chi connectivity index (χ0) is 16.6. The van der Waals surface area contributed by atoms with Gasteiger partial charge in [-0.15, -0.1) is 0 Å². The predicted molar refractivity (Wildman–Crippen MR) is 84.3 cm³/mol. The Morgan fingerprint density at radius 2 is 2.04 bits per heavy atom. The molecule has 5 heteroatoms. The fourth-order valence-electron chi connectivity index (χ4n) is 2.74. The Labute approximate surface area is 133 Å². The Balaban J connectivity index is 2.11. The predicted octanol–water partition coefficient (Wildman–Crippen LogP) is 4.36. The van der Waals surface area contributed by atoms with Gasteiger partial charge in [-0.05, 0) is 49.2 Å². The van der Waals surface area contributed by atoms with Crippen LogP contribution in [-0.2, 0) is 16.8 Å². The van der Waals surface area contributed by atoms with E-state index in [0.717, 1.165) is 11.1 Å². The van der Waals surface area contributed by atoms with Crippen LogP contribution in [0.5, 0.6) is 0 Å². The monoisotopic (exact) mass is 310 g/mol. The lowest BCUT2D eigenvalue weighted by Gasteiger charge is -2.32. The molecule has 116 valence electrons. The number of amides is 1. The van der Waals surface area contributed by atoms with Crippen molar-refractivity contribution in [2.24, 2.45) is 0 Å². The Kier molecular flexibility index (Phi) is 3.53. The van der Waals surface area contributed by atoms with E-state index in [2.05, 4.69) is 11.4 Å². The smallest absolute Gasteiger partial charge is 0.412 e. The van der Waals surface area contributed by atoms with Crippen LogP contribution in [0.3, 0.4) is 0 Å². The zero-order valence-corrected chi connectivity index (χ0v) is 12.8. The second-order valence-corrected chi connectivity index (χ2v) is 5.93. The van der Waals surface area contributed by atoms with Gasteiger partial charge in [0.05, 0.1) is 18.2 Å². The lowest BCUT2D eigenvalue weighted by molar-refractivity contribution is 0.0421. The molecule has 3 rings (SSSR count). The van der Waals surface area contributed by atoms with Crippen LogP contribution in [0.2, 0.25) is 0 Å². The molecule has 1 heterocycles. The number of anilines is 1. The highest BCUT2D eigenvalue weighted by atomic mass is 19.1. The molecule has 0 aliphatic carbocycles. The highest BCUT2D eigenvalue weighted by Gasteiger charge is 2.33. The average Bonchev–Trinajstić information content (AvgIpc) is 2.48. The van der Waals surface area contributed by atoms with E-state index >= 15 is 0 Å². The van der Waals surface area contributed by atoms with Crippen LogP contribution in [0.1, 0.15) is 25.0 Å². The van der Waals surface area contributed by atoms with Gasteiger partial charge in [0.15, 0.2) is 0 Å². The number of hydrogen-bond donors (Lipinski definition) is 1. The molecule has 0 radical (unpaired) electrons. The van der Waals surface area contributed by atoms with Crippen molar-refractivity contribution < 1.29 is 13.9 Å². The molecule has 0 saturated heterocycles. The minimum atomic E-state index is -0.797. The Bertz CT molecular complexity index is 837. The number of nitrogens with one attached hydrogen (secondary N) is 1. The van der Waals surface area contributed by atoms with E-state index in [-0.39, 0.29) is 12.2 Å². The molecule has 1 amide bonds. The number of benzene rings is 2. The maximum Gasteiger partial charge on any atom is 0.412 e. The topological polar surface area (TPSA) is 62.1 Å². The molecule has 2 aromatic carbocycles. The number of carbonyl (C=O) groups excluding carboxylic acids is 1. The molecule has 0 saturated carbocycles. The van der Waals surface area contributed by atoms with Crippen LogP contribution in [0.25, 0.3) is 11.1 Å². The third-order valence-corrected chi connectivity index (χ3v) is 3.88. The van der Waals surface area contributed by atoms with E-state index in [9.17, 15) is 9.18 Å². The van der Waals surface area contributed by atoms with Crippen LogP contribution < -0.4 is 5.32 Å². The third-order valence-electron chi connectivity index (χ3n) is 3.88. The summed E-state index contributed by atoms with van der Waals surface area (Å²) in [4.78, 5) is 11.5. The summed E-state index contributed by atoms with van der Waals surface area (Å²) in [6.07, 6.45) is -0.277. The van der Waals surface area contributed by atoms with E-state index in [1.165, 1.54) is 6.07 Å². The maximum atomic E-state index is 14.2. The summed E-state index contributed by atoms with van der Waals surface area (Å²) in [5, 5.41) is 11.4. The number of nitrogens with zero attached hydrogens (tertiary/aromatic N) is 1. The molecule has 0 aromatic heterocycles. The second kappa shape index (κ2) is 5.40. The van der Waals surface area contributed by atoms with Crippen LogP contribution in [0.4, 0.5) is 14.9 Å². The van der Waals surface area contributed by atoms with Crippen LogP contribution in [-0.4, -0.2) is 6.09 Å². The highest BCUT2D eigenvalue weighted by Crippen LogP contribution is 2.38. The molecule has 1 aliphatic heterocycles. The van der Waals surface area contributed by atoms with E-state index in [1.807, 2.05) is 6.07 Å². The zero-order valence-electron chi connectivity index (χ0n) is 12.8.